The van der Waals surface area contributed by atoms with Crippen LogP contribution in [-0.4, -0.2) is 46.8 Å². The molecule has 0 saturated carbocycles. The highest BCUT2D eigenvalue weighted by atomic mass is 15.3. The summed E-state index contributed by atoms with van der Waals surface area (Å²) in [5.74, 6) is 0.857. The van der Waals surface area contributed by atoms with Gasteiger partial charge >= 0.3 is 0 Å². The SMILES string of the molecule is CN=C(NCc1ccccc1-n1nc(C)cc1C)NC1CCN(Cc2ccccc2C)CC1. The van der Waals surface area contributed by atoms with Crippen molar-refractivity contribution in [2.24, 2.45) is 4.99 Å². The Labute approximate surface area is 197 Å². The Hall–Kier alpha value is -3.12. The number of aromatic nitrogens is 2. The first-order valence-electron chi connectivity index (χ1n) is 11.9. The first-order chi connectivity index (χ1) is 16.0. The number of aliphatic imine (C=N–C) groups is 1. The molecule has 2 aromatic carbocycles. The van der Waals surface area contributed by atoms with E-state index in [0.29, 0.717) is 12.6 Å². The van der Waals surface area contributed by atoms with Crippen LogP contribution < -0.4 is 10.6 Å². The summed E-state index contributed by atoms with van der Waals surface area (Å²) >= 11 is 0. The van der Waals surface area contributed by atoms with E-state index in [2.05, 4.69) is 94.1 Å². The van der Waals surface area contributed by atoms with E-state index in [-0.39, 0.29) is 0 Å². The highest BCUT2D eigenvalue weighted by molar-refractivity contribution is 5.80. The molecule has 3 aromatic rings. The lowest BCUT2D eigenvalue weighted by Gasteiger charge is -2.33. The summed E-state index contributed by atoms with van der Waals surface area (Å²) < 4.78 is 2.02. The van der Waals surface area contributed by atoms with Crippen molar-refractivity contribution < 1.29 is 0 Å². The monoisotopic (exact) mass is 444 g/mol. The van der Waals surface area contributed by atoms with Crippen molar-refractivity contribution in [1.29, 1.82) is 0 Å². The number of aryl methyl sites for hydroxylation is 3. The molecule has 0 bridgehead atoms. The van der Waals surface area contributed by atoms with Crippen molar-refractivity contribution in [3.63, 3.8) is 0 Å². The van der Waals surface area contributed by atoms with Crippen molar-refractivity contribution in [1.82, 2.24) is 25.3 Å². The van der Waals surface area contributed by atoms with Crippen LogP contribution in [0.15, 0.2) is 59.6 Å². The van der Waals surface area contributed by atoms with E-state index in [4.69, 9.17) is 0 Å². The minimum atomic E-state index is 0.440. The highest BCUT2D eigenvalue weighted by Gasteiger charge is 2.20. The minimum absolute atomic E-state index is 0.440. The van der Waals surface area contributed by atoms with Gasteiger partial charge in [0.15, 0.2) is 5.96 Å². The summed E-state index contributed by atoms with van der Waals surface area (Å²) in [6.45, 7) is 10.3. The minimum Gasteiger partial charge on any atom is -0.354 e. The number of hydrogen-bond donors (Lipinski definition) is 2. The Kier molecular flexibility index (Phi) is 7.45. The largest absolute Gasteiger partial charge is 0.354 e. The molecule has 1 fully saturated rings. The average Bonchev–Trinajstić information content (AvgIpc) is 3.17. The number of piperidine rings is 1. The summed E-state index contributed by atoms with van der Waals surface area (Å²) in [5, 5.41) is 11.8. The van der Waals surface area contributed by atoms with Gasteiger partial charge in [-0.2, -0.15) is 5.10 Å². The van der Waals surface area contributed by atoms with E-state index in [1.807, 2.05) is 18.7 Å². The summed E-state index contributed by atoms with van der Waals surface area (Å²) in [5.41, 5.74) is 7.28. The van der Waals surface area contributed by atoms with Gasteiger partial charge in [0.1, 0.15) is 0 Å². The van der Waals surface area contributed by atoms with E-state index < -0.39 is 0 Å². The molecule has 6 heteroatoms. The number of para-hydroxylation sites is 1. The van der Waals surface area contributed by atoms with E-state index in [9.17, 15) is 0 Å². The smallest absolute Gasteiger partial charge is 0.191 e. The fourth-order valence-electron chi connectivity index (χ4n) is 4.57. The first kappa shape index (κ1) is 23.1. The predicted octanol–water partition coefficient (Wildman–Crippen LogP) is 4.13. The van der Waals surface area contributed by atoms with Gasteiger partial charge in [0.25, 0.3) is 0 Å². The van der Waals surface area contributed by atoms with Crippen LogP contribution in [0.2, 0.25) is 0 Å². The van der Waals surface area contributed by atoms with Gasteiger partial charge in [0.05, 0.1) is 11.4 Å². The van der Waals surface area contributed by atoms with Gasteiger partial charge in [-0.05, 0) is 62.4 Å². The average molecular weight is 445 g/mol. The van der Waals surface area contributed by atoms with Crippen LogP contribution >= 0.6 is 0 Å². The van der Waals surface area contributed by atoms with Gasteiger partial charge in [0.2, 0.25) is 0 Å². The van der Waals surface area contributed by atoms with E-state index in [1.54, 1.807) is 0 Å². The van der Waals surface area contributed by atoms with Gasteiger partial charge in [-0.1, -0.05) is 42.5 Å². The summed E-state index contributed by atoms with van der Waals surface area (Å²) in [6, 6.07) is 19.7. The Balaban J connectivity index is 1.31. The van der Waals surface area contributed by atoms with Crippen molar-refractivity contribution in [2.75, 3.05) is 20.1 Å². The molecule has 174 valence electrons. The second-order valence-corrected chi connectivity index (χ2v) is 9.01. The molecule has 1 saturated heterocycles. The van der Waals surface area contributed by atoms with Crippen LogP contribution in [0.25, 0.3) is 5.69 Å². The molecule has 33 heavy (non-hydrogen) atoms. The zero-order valence-corrected chi connectivity index (χ0v) is 20.3. The Morgan fingerprint density at radius 2 is 1.70 bits per heavy atom. The maximum atomic E-state index is 4.66. The molecular weight excluding hydrogens is 408 g/mol. The Bertz CT molecular complexity index is 1090. The summed E-state index contributed by atoms with van der Waals surface area (Å²) in [4.78, 5) is 7.03. The molecule has 1 aliphatic heterocycles. The van der Waals surface area contributed by atoms with Crippen LogP contribution in [0.4, 0.5) is 0 Å². The maximum Gasteiger partial charge on any atom is 0.191 e. The van der Waals surface area contributed by atoms with E-state index in [1.165, 1.54) is 16.7 Å². The van der Waals surface area contributed by atoms with Gasteiger partial charge in [-0.25, -0.2) is 4.68 Å². The zero-order valence-electron chi connectivity index (χ0n) is 20.3. The number of benzene rings is 2. The second-order valence-electron chi connectivity index (χ2n) is 9.01. The topological polar surface area (TPSA) is 57.5 Å². The molecule has 0 radical (unpaired) electrons. The van der Waals surface area contributed by atoms with Crippen molar-refractivity contribution in [3.05, 3.63) is 82.7 Å². The molecule has 2 N–H and O–H groups in total. The molecule has 4 rings (SSSR count). The molecular formula is C27H36N6. The number of nitrogens with one attached hydrogen (secondary N) is 2. The molecule has 0 aliphatic carbocycles. The molecule has 2 heterocycles. The van der Waals surface area contributed by atoms with Gasteiger partial charge in [-0.15, -0.1) is 0 Å². The quantitative estimate of drug-likeness (QED) is 0.443. The molecule has 0 atom stereocenters. The lowest BCUT2D eigenvalue weighted by molar-refractivity contribution is 0.198. The third-order valence-electron chi connectivity index (χ3n) is 6.48. The molecule has 0 unspecified atom stereocenters. The van der Waals surface area contributed by atoms with Gasteiger partial charge in [0, 0.05) is 45.0 Å². The van der Waals surface area contributed by atoms with Crippen LogP contribution in [0, 0.1) is 20.8 Å². The number of nitrogens with zero attached hydrogens (tertiary/aromatic N) is 4. The normalized spacial score (nSPS) is 15.6. The third kappa shape index (κ3) is 5.82. The van der Waals surface area contributed by atoms with E-state index >= 15 is 0 Å². The van der Waals surface area contributed by atoms with Crippen molar-refractivity contribution >= 4 is 5.96 Å². The predicted molar refractivity (Wildman–Crippen MR) is 136 cm³/mol. The van der Waals surface area contributed by atoms with Crippen molar-refractivity contribution in [2.45, 2.75) is 52.7 Å². The number of guanidine groups is 1. The summed E-state index contributed by atoms with van der Waals surface area (Å²) in [6.07, 6.45) is 2.24. The molecule has 1 aromatic heterocycles. The molecule has 0 spiro atoms. The lowest BCUT2D eigenvalue weighted by Crippen LogP contribution is -2.48. The van der Waals surface area contributed by atoms with Crippen LogP contribution in [0.3, 0.4) is 0 Å². The maximum absolute atomic E-state index is 4.66. The second kappa shape index (κ2) is 10.7. The number of rotatable bonds is 6. The number of hydrogen-bond acceptors (Lipinski definition) is 3. The zero-order chi connectivity index (χ0) is 23.2. The highest BCUT2D eigenvalue weighted by Crippen LogP contribution is 2.18. The lowest BCUT2D eigenvalue weighted by atomic mass is 10.0. The molecule has 6 nitrogen and oxygen atoms in total. The first-order valence-corrected chi connectivity index (χ1v) is 11.9. The van der Waals surface area contributed by atoms with E-state index in [0.717, 1.165) is 55.5 Å². The summed E-state index contributed by atoms with van der Waals surface area (Å²) in [7, 11) is 1.84. The van der Waals surface area contributed by atoms with Crippen LogP contribution in [0.5, 0.6) is 0 Å². The standard InChI is InChI=1S/C27H36N6/c1-20-9-5-6-11-24(20)19-32-15-13-25(14-16-32)30-27(28-4)29-18-23-10-7-8-12-26(23)33-22(3)17-21(2)31-33/h5-12,17,25H,13-16,18-19H2,1-4H3,(H2,28,29,30). The van der Waals surface area contributed by atoms with Crippen molar-refractivity contribution in [3.8, 4) is 5.69 Å². The fraction of sp³-hybridized carbons (Fsp3) is 0.407. The third-order valence-corrected chi connectivity index (χ3v) is 6.48. The molecule has 1 aliphatic rings. The Morgan fingerprint density at radius 1 is 1.00 bits per heavy atom. The number of likely N-dealkylation sites (tertiary alicyclic amines) is 1. The Morgan fingerprint density at radius 3 is 2.36 bits per heavy atom. The van der Waals surface area contributed by atoms with Gasteiger partial charge in [-0.3, -0.25) is 9.89 Å². The van der Waals surface area contributed by atoms with Crippen LogP contribution in [-0.2, 0) is 13.1 Å². The fourth-order valence-corrected chi connectivity index (χ4v) is 4.57. The van der Waals surface area contributed by atoms with Crippen LogP contribution in [0.1, 0.15) is 40.9 Å². The van der Waals surface area contributed by atoms with Gasteiger partial charge < -0.3 is 10.6 Å². The molecule has 0 amide bonds.